The molecule has 0 spiro atoms. The molecule has 1 rings (SSSR count). The van der Waals surface area contributed by atoms with E-state index in [0.29, 0.717) is 0 Å². The van der Waals surface area contributed by atoms with Crippen molar-refractivity contribution in [3.63, 3.8) is 0 Å². The molecule has 0 aliphatic carbocycles. The Bertz CT molecular complexity index is 258. The Kier molecular flexibility index (Phi) is 3.68. The first-order chi connectivity index (χ1) is 5.88. The van der Waals surface area contributed by atoms with E-state index in [0.717, 1.165) is 17.7 Å². The van der Waals surface area contributed by atoms with E-state index in [4.69, 9.17) is 16.3 Å². The lowest BCUT2D eigenvalue weighted by Gasteiger charge is -2.06. The summed E-state index contributed by atoms with van der Waals surface area (Å²) in [5.41, 5.74) is 1.12. The Morgan fingerprint density at radius 1 is 1.42 bits per heavy atom. The second kappa shape index (κ2) is 4.83. The summed E-state index contributed by atoms with van der Waals surface area (Å²) in [6.07, 6.45) is 2.66. The molecule has 0 aliphatic rings. The average Bonchev–Trinajstić information content (AvgIpc) is 2.09. The van der Waals surface area contributed by atoms with Gasteiger partial charge in [0.1, 0.15) is 5.75 Å². The number of benzene rings is 1. The molecule has 0 N–H and O–H groups in total. The highest BCUT2D eigenvalue weighted by atomic mass is 35.5. The monoisotopic (exact) mass is 182 g/mol. The van der Waals surface area contributed by atoms with Crippen LogP contribution in [-0.2, 0) is 6.42 Å². The Balaban J connectivity index is 2.83. The molecule has 1 nitrogen and oxygen atoms in total. The maximum Gasteiger partial charge on any atom is 0.162 e. The summed E-state index contributed by atoms with van der Waals surface area (Å²) in [4.78, 5) is 0. The highest BCUT2D eigenvalue weighted by Crippen LogP contribution is 2.18. The second-order valence-corrected chi connectivity index (χ2v) is 2.57. The molecule has 64 valence electrons. The predicted molar refractivity (Wildman–Crippen MR) is 51.7 cm³/mol. The first kappa shape index (κ1) is 9.14. The van der Waals surface area contributed by atoms with Crippen molar-refractivity contribution in [3.05, 3.63) is 42.5 Å². The normalized spacial score (nSPS) is 9.42. The maximum absolute atomic E-state index is 5.46. The van der Waals surface area contributed by atoms with Gasteiger partial charge >= 0.3 is 0 Å². The van der Waals surface area contributed by atoms with Crippen LogP contribution in [0.5, 0.6) is 5.75 Å². The van der Waals surface area contributed by atoms with Gasteiger partial charge in [-0.25, -0.2) is 0 Å². The van der Waals surface area contributed by atoms with Gasteiger partial charge in [-0.05, 0) is 18.1 Å². The van der Waals surface area contributed by atoms with Crippen LogP contribution in [0.1, 0.15) is 5.56 Å². The van der Waals surface area contributed by atoms with E-state index in [2.05, 4.69) is 6.58 Å². The largest absolute Gasteiger partial charge is 0.478 e. The smallest absolute Gasteiger partial charge is 0.162 e. The number of halogens is 1. The molecule has 0 saturated carbocycles. The number of hydrogen-bond donors (Lipinski definition) is 0. The zero-order chi connectivity index (χ0) is 8.81. The third kappa shape index (κ3) is 2.28. The lowest BCUT2D eigenvalue weighted by atomic mass is 10.1. The minimum absolute atomic E-state index is 0.189. The van der Waals surface area contributed by atoms with Crippen molar-refractivity contribution < 1.29 is 4.74 Å². The molecule has 0 aliphatic heterocycles. The van der Waals surface area contributed by atoms with Crippen LogP contribution in [0.15, 0.2) is 36.9 Å². The van der Waals surface area contributed by atoms with E-state index in [-0.39, 0.29) is 6.07 Å². The summed E-state index contributed by atoms with van der Waals surface area (Å²) in [6.45, 7) is 3.67. The molecule has 0 aromatic heterocycles. The molecule has 0 radical (unpaired) electrons. The van der Waals surface area contributed by atoms with Gasteiger partial charge in [0.2, 0.25) is 0 Å². The lowest BCUT2D eigenvalue weighted by Crippen LogP contribution is -1.93. The predicted octanol–water partition coefficient (Wildman–Crippen LogP) is 2.99. The molecule has 0 fully saturated rings. The van der Waals surface area contributed by atoms with E-state index >= 15 is 0 Å². The first-order valence-corrected chi connectivity index (χ1v) is 4.29. The molecular weight excluding hydrogens is 172 g/mol. The molecule has 0 saturated heterocycles. The van der Waals surface area contributed by atoms with Crippen LogP contribution in [0.3, 0.4) is 0 Å². The third-order valence-corrected chi connectivity index (χ3v) is 1.66. The van der Waals surface area contributed by atoms with Crippen molar-refractivity contribution >= 4 is 11.6 Å². The fourth-order valence-corrected chi connectivity index (χ4v) is 1.15. The van der Waals surface area contributed by atoms with Crippen LogP contribution < -0.4 is 4.74 Å². The Morgan fingerprint density at radius 3 is 2.83 bits per heavy atom. The fraction of sp³-hybridized carbons (Fsp3) is 0.200. The highest BCUT2D eigenvalue weighted by molar-refractivity contribution is 6.17. The van der Waals surface area contributed by atoms with Gasteiger partial charge in [-0.3, -0.25) is 0 Å². The maximum atomic E-state index is 5.46. The third-order valence-electron chi connectivity index (χ3n) is 1.55. The van der Waals surface area contributed by atoms with Crippen molar-refractivity contribution in [1.29, 1.82) is 0 Å². The van der Waals surface area contributed by atoms with E-state index in [1.807, 2.05) is 30.3 Å². The molecule has 0 unspecified atom stereocenters. The summed E-state index contributed by atoms with van der Waals surface area (Å²) in [5.74, 6) is 0.840. The Labute approximate surface area is 77.6 Å². The number of hydrogen-bond acceptors (Lipinski definition) is 1. The van der Waals surface area contributed by atoms with Crippen LogP contribution in [0.2, 0.25) is 0 Å². The highest BCUT2D eigenvalue weighted by Gasteiger charge is 1.98. The fourth-order valence-electron chi connectivity index (χ4n) is 1.03. The Hall–Kier alpha value is -0.950. The van der Waals surface area contributed by atoms with E-state index in [1.165, 1.54) is 0 Å². The lowest BCUT2D eigenvalue weighted by molar-refractivity contribution is 0.384. The topological polar surface area (TPSA) is 9.23 Å². The number of allylic oxidation sites excluding steroid dienone is 1. The van der Waals surface area contributed by atoms with Crippen LogP contribution >= 0.6 is 11.6 Å². The number of ether oxygens (including phenoxy) is 1. The van der Waals surface area contributed by atoms with Crippen molar-refractivity contribution in [2.75, 3.05) is 6.07 Å². The number of para-hydroxylation sites is 1. The summed E-state index contributed by atoms with van der Waals surface area (Å²) < 4.78 is 5.21. The van der Waals surface area contributed by atoms with Gasteiger partial charge in [0.15, 0.2) is 6.07 Å². The van der Waals surface area contributed by atoms with Gasteiger partial charge < -0.3 is 4.74 Å². The van der Waals surface area contributed by atoms with Gasteiger partial charge in [-0.15, -0.1) is 6.58 Å². The second-order valence-electron chi connectivity index (χ2n) is 2.35. The standard InChI is InChI=1S/C10H11ClO/c1-2-5-9-6-3-4-7-10(9)12-8-11/h2-4,6-7H,1,5,8H2. The van der Waals surface area contributed by atoms with Gasteiger partial charge in [-0.1, -0.05) is 35.9 Å². The zero-order valence-corrected chi connectivity index (χ0v) is 7.55. The van der Waals surface area contributed by atoms with Crippen LogP contribution in [0, 0.1) is 0 Å². The summed E-state index contributed by atoms with van der Waals surface area (Å²) >= 11 is 5.46. The van der Waals surface area contributed by atoms with E-state index in [9.17, 15) is 0 Å². The first-order valence-electron chi connectivity index (χ1n) is 3.76. The van der Waals surface area contributed by atoms with Gasteiger partial charge in [0.25, 0.3) is 0 Å². The minimum atomic E-state index is 0.189. The molecule has 2 heteroatoms. The molecule has 0 atom stereocenters. The Morgan fingerprint density at radius 2 is 2.17 bits per heavy atom. The van der Waals surface area contributed by atoms with Gasteiger partial charge in [0.05, 0.1) is 0 Å². The molecule has 12 heavy (non-hydrogen) atoms. The number of rotatable bonds is 4. The molecule has 1 aromatic rings. The molecule has 1 aromatic carbocycles. The molecule has 0 bridgehead atoms. The van der Waals surface area contributed by atoms with Crippen molar-refractivity contribution in [2.45, 2.75) is 6.42 Å². The van der Waals surface area contributed by atoms with Crippen LogP contribution in [-0.4, -0.2) is 6.07 Å². The van der Waals surface area contributed by atoms with Crippen molar-refractivity contribution in [1.82, 2.24) is 0 Å². The van der Waals surface area contributed by atoms with Gasteiger partial charge in [0, 0.05) is 0 Å². The van der Waals surface area contributed by atoms with Crippen LogP contribution in [0.4, 0.5) is 0 Å². The summed E-state index contributed by atoms with van der Waals surface area (Å²) in [5, 5.41) is 0. The average molecular weight is 183 g/mol. The number of alkyl halides is 1. The van der Waals surface area contributed by atoms with Crippen molar-refractivity contribution in [2.24, 2.45) is 0 Å². The van der Waals surface area contributed by atoms with Gasteiger partial charge in [-0.2, -0.15) is 0 Å². The van der Waals surface area contributed by atoms with E-state index < -0.39 is 0 Å². The quantitative estimate of drug-likeness (QED) is 0.514. The zero-order valence-electron chi connectivity index (χ0n) is 6.79. The molecule has 0 heterocycles. The van der Waals surface area contributed by atoms with E-state index in [1.54, 1.807) is 0 Å². The molecule has 0 amide bonds. The van der Waals surface area contributed by atoms with Crippen molar-refractivity contribution in [3.8, 4) is 5.75 Å². The summed E-state index contributed by atoms with van der Waals surface area (Å²) in [6, 6.07) is 7.99. The SMILES string of the molecule is C=CCc1ccccc1OCCl. The summed E-state index contributed by atoms with van der Waals surface area (Å²) in [7, 11) is 0. The minimum Gasteiger partial charge on any atom is -0.478 e. The molecular formula is C10H11ClO. The van der Waals surface area contributed by atoms with Crippen LogP contribution in [0.25, 0.3) is 0 Å².